The number of anilines is 1. The Labute approximate surface area is 145 Å². The zero-order valence-corrected chi connectivity index (χ0v) is 15.0. The summed E-state index contributed by atoms with van der Waals surface area (Å²) < 4.78 is 1.86. The van der Waals surface area contributed by atoms with E-state index in [0.29, 0.717) is 12.5 Å². The fraction of sp³-hybridized carbons (Fsp3) is 0.333. The highest BCUT2D eigenvalue weighted by molar-refractivity contribution is 7.20. The van der Waals surface area contributed by atoms with E-state index in [9.17, 15) is 4.79 Å². The molecule has 24 heavy (non-hydrogen) atoms. The predicted octanol–water partition coefficient (Wildman–Crippen LogP) is 3.31. The molecule has 1 aromatic carbocycles. The lowest BCUT2D eigenvalue weighted by Crippen LogP contribution is -2.24. The van der Waals surface area contributed by atoms with E-state index < -0.39 is 0 Å². The van der Waals surface area contributed by atoms with Crippen LogP contribution in [0.3, 0.4) is 0 Å². The second kappa shape index (κ2) is 6.65. The first-order valence-corrected chi connectivity index (χ1v) is 8.86. The second-order valence-electron chi connectivity index (χ2n) is 6.24. The van der Waals surface area contributed by atoms with Crippen molar-refractivity contribution >= 4 is 33.1 Å². The highest BCUT2D eigenvalue weighted by Gasteiger charge is 2.18. The number of aromatic nitrogens is 2. The number of nitrogens with zero attached hydrogens (tertiary/aromatic N) is 2. The summed E-state index contributed by atoms with van der Waals surface area (Å²) in [6, 6.07) is 9.69. The molecule has 0 fully saturated rings. The molecule has 5 nitrogen and oxygen atoms in total. The van der Waals surface area contributed by atoms with Crippen LogP contribution in [0.5, 0.6) is 0 Å². The minimum atomic E-state index is -0.0265. The maximum absolute atomic E-state index is 12.4. The van der Waals surface area contributed by atoms with Gasteiger partial charge in [0, 0.05) is 24.7 Å². The fourth-order valence-corrected chi connectivity index (χ4v) is 3.69. The van der Waals surface area contributed by atoms with Gasteiger partial charge in [-0.15, -0.1) is 11.3 Å². The molecule has 0 aliphatic heterocycles. The Morgan fingerprint density at radius 1 is 1.33 bits per heavy atom. The van der Waals surface area contributed by atoms with E-state index in [0.717, 1.165) is 38.5 Å². The van der Waals surface area contributed by atoms with E-state index in [4.69, 9.17) is 5.73 Å². The van der Waals surface area contributed by atoms with Crippen molar-refractivity contribution in [1.82, 2.24) is 15.1 Å². The van der Waals surface area contributed by atoms with Gasteiger partial charge in [-0.3, -0.25) is 9.48 Å². The van der Waals surface area contributed by atoms with Crippen LogP contribution in [0.4, 0.5) is 5.69 Å². The molecule has 0 spiro atoms. The van der Waals surface area contributed by atoms with Gasteiger partial charge in [0.05, 0.1) is 10.6 Å². The van der Waals surface area contributed by atoms with Crippen molar-refractivity contribution in [2.45, 2.75) is 26.2 Å². The summed E-state index contributed by atoms with van der Waals surface area (Å²) in [5.74, 6) is 0.311. The van der Waals surface area contributed by atoms with Crippen LogP contribution in [0.2, 0.25) is 0 Å². The van der Waals surface area contributed by atoms with Crippen LogP contribution in [0.1, 0.15) is 40.7 Å². The smallest absolute Gasteiger partial charge is 0.261 e. The first-order valence-electron chi connectivity index (χ1n) is 8.04. The Hall–Kier alpha value is -2.34. The lowest BCUT2D eigenvalue weighted by molar-refractivity contribution is 0.0958. The number of nitrogens with one attached hydrogen (secondary N) is 1. The van der Waals surface area contributed by atoms with Gasteiger partial charge in [-0.2, -0.15) is 5.10 Å². The Kier molecular flexibility index (Phi) is 4.57. The maximum atomic E-state index is 12.4. The molecule has 0 aliphatic rings. The van der Waals surface area contributed by atoms with Crippen molar-refractivity contribution in [2.75, 3.05) is 12.3 Å². The summed E-state index contributed by atoms with van der Waals surface area (Å²) in [5, 5.41) is 8.62. The Balaban J connectivity index is 1.67. The highest BCUT2D eigenvalue weighted by Crippen LogP contribution is 2.31. The number of hydrogen-bond acceptors (Lipinski definition) is 4. The molecule has 126 valence electrons. The van der Waals surface area contributed by atoms with E-state index in [2.05, 4.69) is 24.3 Å². The van der Waals surface area contributed by atoms with Gasteiger partial charge in [0.1, 0.15) is 4.83 Å². The number of thiophene rings is 1. The lowest BCUT2D eigenvalue weighted by Gasteiger charge is -2.04. The van der Waals surface area contributed by atoms with Crippen molar-refractivity contribution in [3.05, 3.63) is 46.5 Å². The van der Waals surface area contributed by atoms with E-state index in [1.165, 1.54) is 11.3 Å². The van der Waals surface area contributed by atoms with Crippen molar-refractivity contribution < 1.29 is 4.79 Å². The molecule has 0 saturated heterocycles. The molecule has 0 unspecified atom stereocenters. The molecule has 1 amide bonds. The molecule has 6 heteroatoms. The number of carbonyl (C=O) groups excluding carboxylic acids is 1. The summed E-state index contributed by atoms with van der Waals surface area (Å²) in [6.07, 6.45) is 0.787. The van der Waals surface area contributed by atoms with E-state index in [1.807, 2.05) is 42.1 Å². The van der Waals surface area contributed by atoms with Gasteiger partial charge in [0.2, 0.25) is 0 Å². The number of aryl methyl sites for hydroxylation is 1. The van der Waals surface area contributed by atoms with E-state index >= 15 is 0 Å². The molecule has 3 aromatic rings. The van der Waals surface area contributed by atoms with Gasteiger partial charge in [-0.1, -0.05) is 26.0 Å². The number of carbonyl (C=O) groups is 1. The number of fused-ring (bicyclic) bond motifs is 1. The number of rotatable bonds is 5. The third-order valence-electron chi connectivity index (χ3n) is 3.99. The predicted molar refractivity (Wildman–Crippen MR) is 99.6 cm³/mol. The molecule has 0 radical (unpaired) electrons. The zero-order chi connectivity index (χ0) is 17.3. The molecule has 2 aromatic heterocycles. The standard InChI is InChI=1S/C18H22N4OS/c1-11(2)16-14-10-15(24-18(14)22(3)21-16)17(23)20-9-8-12-4-6-13(19)7-5-12/h4-7,10-11H,8-9,19H2,1-3H3,(H,20,23). The molecular formula is C18H22N4OS. The summed E-state index contributed by atoms with van der Waals surface area (Å²) in [7, 11) is 1.92. The topological polar surface area (TPSA) is 72.9 Å². The minimum absolute atomic E-state index is 0.0265. The van der Waals surface area contributed by atoms with Crippen LogP contribution < -0.4 is 11.1 Å². The van der Waals surface area contributed by atoms with Crippen LogP contribution in [-0.2, 0) is 13.5 Å². The number of hydrogen-bond donors (Lipinski definition) is 2. The van der Waals surface area contributed by atoms with Crippen LogP contribution in [0.15, 0.2) is 30.3 Å². The van der Waals surface area contributed by atoms with Gasteiger partial charge in [-0.25, -0.2) is 0 Å². The van der Waals surface area contributed by atoms with E-state index in [1.54, 1.807) is 0 Å². The average Bonchev–Trinajstić information content (AvgIpc) is 3.10. The van der Waals surface area contributed by atoms with Gasteiger partial charge in [0.15, 0.2) is 0 Å². The number of nitrogens with two attached hydrogens (primary N) is 1. The van der Waals surface area contributed by atoms with Gasteiger partial charge in [0.25, 0.3) is 5.91 Å². The molecule has 3 rings (SSSR count). The summed E-state index contributed by atoms with van der Waals surface area (Å²) in [5.41, 5.74) is 8.63. The van der Waals surface area contributed by atoms with Crippen LogP contribution in [-0.4, -0.2) is 22.2 Å². The Bertz CT molecular complexity index is 861. The highest BCUT2D eigenvalue weighted by atomic mass is 32.1. The summed E-state index contributed by atoms with van der Waals surface area (Å²) in [4.78, 5) is 14.2. The van der Waals surface area contributed by atoms with Crippen LogP contribution in [0.25, 0.3) is 10.2 Å². The minimum Gasteiger partial charge on any atom is -0.399 e. The summed E-state index contributed by atoms with van der Waals surface area (Å²) >= 11 is 1.49. The monoisotopic (exact) mass is 342 g/mol. The maximum Gasteiger partial charge on any atom is 0.261 e. The van der Waals surface area contributed by atoms with Crippen LogP contribution in [0, 0.1) is 0 Å². The number of nitrogen functional groups attached to an aromatic ring is 1. The summed E-state index contributed by atoms with van der Waals surface area (Å²) in [6.45, 7) is 4.84. The normalized spacial score (nSPS) is 11.3. The zero-order valence-electron chi connectivity index (χ0n) is 14.2. The molecule has 2 heterocycles. The largest absolute Gasteiger partial charge is 0.399 e. The Morgan fingerprint density at radius 3 is 2.71 bits per heavy atom. The third kappa shape index (κ3) is 3.28. The average molecular weight is 342 g/mol. The molecular weight excluding hydrogens is 320 g/mol. The second-order valence-corrected chi connectivity index (χ2v) is 7.27. The molecule has 0 atom stereocenters. The van der Waals surface area contributed by atoms with Gasteiger partial charge >= 0.3 is 0 Å². The van der Waals surface area contributed by atoms with Crippen molar-refractivity contribution in [2.24, 2.45) is 7.05 Å². The number of amides is 1. The SMILES string of the molecule is CC(C)c1nn(C)c2sc(C(=O)NCCc3ccc(N)cc3)cc12. The molecule has 0 saturated carbocycles. The molecule has 3 N–H and O–H groups in total. The van der Waals surface area contributed by atoms with Crippen molar-refractivity contribution in [3.63, 3.8) is 0 Å². The quantitative estimate of drug-likeness (QED) is 0.699. The molecule has 0 aliphatic carbocycles. The number of benzene rings is 1. The first kappa shape index (κ1) is 16.5. The fourth-order valence-electron chi connectivity index (χ4n) is 2.70. The lowest BCUT2D eigenvalue weighted by atomic mass is 10.1. The van der Waals surface area contributed by atoms with Crippen molar-refractivity contribution in [1.29, 1.82) is 0 Å². The van der Waals surface area contributed by atoms with Gasteiger partial charge < -0.3 is 11.1 Å². The van der Waals surface area contributed by atoms with Crippen molar-refractivity contribution in [3.8, 4) is 0 Å². The van der Waals surface area contributed by atoms with Gasteiger partial charge in [-0.05, 0) is 36.1 Å². The first-order chi connectivity index (χ1) is 11.5. The van der Waals surface area contributed by atoms with E-state index in [-0.39, 0.29) is 5.91 Å². The Morgan fingerprint density at radius 2 is 2.04 bits per heavy atom. The molecule has 0 bridgehead atoms. The van der Waals surface area contributed by atoms with Crippen LogP contribution >= 0.6 is 11.3 Å². The third-order valence-corrected chi connectivity index (χ3v) is 5.19.